The lowest BCUT2D eigenvalue weighted by Gasteiger charge is -2.40. The Hall–Kier alpha value is -1.56. The summed E-state index contributed by atoms with van der Waals surface area (Å²) in [6.45, 7) is 9.38. The Balaban J connectivity index is 1.84. The Morgan fingerprint density at radius 2 is 1.65 bits per heavy atom. The van der Waals surface area contributed by atoms with Crippen molar-refractivity contribution in [1.82, 2.24) is 4.31 Å². The van der Waals surface area contributed by atoms with Crippen molar-refractivity contribution in [2.75, 3.05) is 24.5 Å². The van der Waals surface area contributed by atoms with Crippen molar-refractivity contribution < 1.29 is 8.42 Å². The monoisotopic (exact) mass is 392 g/mol. The van der Waals surface area contributed by atoms with Crippen molar-refractivity contribution in [3.63, 3.8) is 0 Å². The molecule has 0 saturated carbocycles. The molecule has 1 aliphatic rings. The summed E-state index contributed by atoms with van der Waals surface area (Å²) in [6.07, 6.45) is 0. The molecule has 0 aromatic heterocycles. The van der Waals surface area contributed by atoms with Crippen LogP contribution in [0.2, 0.25) is 5.02 Å². The Bertz CT molecular complexity index is 910. The number of halogens is 1. The van der Waals surface area contributed by atoms with Gasteiger partial charge in [0, 0.05) is 36.4 Å². The Morgan fingerprint density at radius 3 is 2.27 bits per heavy atom. The average molecular weight is 393 g/mol. The van der Waals surface area contributed by atoms with Crippen LogP contribution in [0.1, 0.15) is 23.6 Å². The van der Waals surface area contributed by atoms with Crippen molar-refractivity contribution in [2.24, 2.45) is 0 Å². The maximum Gasteiger partial charge on any atom is 0.243 e. The van der Waals surface area contributed by atoms with Crippen LogP contribution in [-0.4, -0.2) is 38.4 Å². The molecule has 2 aromatic carbocycles. The molecule has 1 unspecified atom stereocenters. The molecule has 1 atom stereocenters. The van der Waals surface area contributed by atoms with Crippen LogP contribution in [0.3, 0.4) is 0 Å². The summed E-state index contributed by atoms with van der Waals surface area (Å²) < 4.78 is 27.9. The lowest BCUT2D eigenvalue weighted by atomic mass is 10.1. The van der Waals surface area contributed by atoms with E-state index in [0.717, 1.165) is 11.3 Å². The second-order valence-electron chi connectivity index (χ2n) is 7.11. The number of rotatable bonds is 3. The van der Waals surface area contributed by atoms with Crippen LogP contribution in [0.4, 0.5) is 5.69 Å². The van der Waals surface area contributed by atoms with Crippen LogP contribution < -0.4 is 4.90 Å². The van der Waals surface area contributed by atoms with Crippen LogP contribution in [-0.2, 0) is 10.0 Å². The number of benzene rings is 2. The molecule has 1 fully saturated rings. The van der Waals surface area contributed by atoms with Crippen molar-refractivity contribution in [1.29, 1.82) is 0 Å². The van der Waals surface area contributed by atoms with Gasteiger partial charge in [-0.25, -0.2) is 8.42 Å². The van der Waals surface area contributed by atoms with E-state index in [0.29, 0.717) is 35.1 Å². The van der Waals surface area contributed by atoms with Gasteiger partial charge in [0.1, 0.15) is 0 Å². The van der Waals surface area contributed by atoms with Crippen molar-refractivity contribution >= 4 is 27.3 Å². The lowest BCUT2D eigenvalue weighted by Crippen LogP contribution is -2.53. The van der Waals surface area contributed by atoms with Crippen LogP contribution in [0.25, 0.3) is 0 Å². The van der Waals surface area contributed by atoms with E-state index in [1.807, 2.05) is 6.92 Å². The number of hydrogen-bond acceptors (Lipinski definition) is 3. The Kier molecular flexibility index (Phi) is 5.33. The molecule has 0 radical (unpaired) electrons. The van der Waals surface area contributed by atoms with Gasteiger partial charge in [-0.05, 0) is 63.1 Å². The van der Waals surface area contributed by atoms with Crippen molar-refractivity contribution in [3.05, 3.63) is 58.1 Å². The summed E-state index contributed by atoms with van der Waals surface area (Å²) >= 11 is 6.13. The fourth-order valence-corrected chi connectivity index (χ4v) is 5.46. The molecule has 2 aromatic rings. The van der Waals surface area contributed by atoms with E-state index in [1.54, 1.807) is 23.4 Å². The summed E-state index contributed by atoms with van der Waals surface area (Å²) in [5.41, 5.74) is 3.83. The molecule has 0 aliphatic carbocycles. The molecule has 140 valence electrons. The van der Waals surface area contributed by atoms with Gasteiger partial charge in [0.05, 0.1) is 4.90 Å². The molecular weight excluding hydrogens is 368 g/mol. The van der Waals surface area contributed by atoms with Crippen LogP contribution in [0, 0.1) is 20.8 Å². The number of nitrogens with zero attached hydrogens (tertiary/aromatic N) is 2. The molecule has 0 spiro atoms. The fourth-order valence-electron chi connectivity index (χ4n) is 3.43. The molecule has 1 saturated heterocycles. The first kappa shape index (κ1) is 19.2. The molecule has 0 N–H and O–H groups in total. The van der Waals surface area contributed by atoms with Gasteiger partial charge in [0.15, 0.2) is 0 Å². The predicted octanol–water partition coefficient (Wildman–Crippen LogP) is 4.16. The summed E-state index contributed by atoms with van der Waals surface area (Å²) in [5.74, 6) is 0. The van der Waals surface area contributed by atoms with Gasteiger partial charge in [0.25, 0.3) is 0 Å². The van der Waals surface area contributed by atoms with Crippen molar-refractivity contribution in [2.45, 2.75) is 38.6 Å². The highest BCUT2D eigenvalue weighted by atomic mass is 35.5. The minimum Gasteiger partial charge on any atom is -0.366 e. The van der Waals surface area contributed by atoms with Crippen LogP contribution in [0.15, 0.2) is 41.3 Å². The quantitative estimate of drug-likeness (QED) is 0.787. The van der Waals surface area contributed by atoms with Gasteiger partial charge < -0.3 is 4.90 Å². The number of hydrogen-bond donors (Lipinski definition) is 0. The minimum atomic E-state index is -3.53. The van der Waals surface area contributed by atoms with E-state index in [9.17, 15) is 8.42 Å². The zero-order chi connectivity index (χ0) is 19.1. The normalized spacial score (nSPS) is 19.0. The van der Waals surface area contributed by atoms with Crippen LogP contribution >= 0.6 is 11.6 Å². The Morgan fingerprint density at radius 1 is 1.00 bits per heavy atom. The third-order valence-electron chi connectivity index (χ3n) is 5.03. The molecular formula is C20H25ClN2O2S. The van der Waals surface area contributed by atoms with E-state index in [-0.39, 0.29) is 6.04 Å². The van der Waals surface area contributed by atoms with E-state index in [4.69, 9.17) is 11.6 Å². The third kappa shape index (κ3) is 3.61. The zero-order valence-electron chi connectivity index (χ0n) is 15.7. The molecule has 6 heteroatoms. The topological polar surface area (TPSA) is 40.6 Å². The smallest absolute Gasteiger partial charge is 0.243 e. The number of aryl methyl sites for hydroxylation is 3. The van der Waals surface area contributed by atoms with E-state index in [2.05, 4.69) is 43.0 Å². The Labute approximate surface area is 161 Å². The van der Waals surface area contributed by atoms with E-state index >= 15 is 0 Å². The van der Waals surface area contributed by atoms with Gasteiger partial charge in [-0.15, -0.1) is 0 Å². The first-order valence-corrected chi connectivity index (χ1v) is 10.6. The largest absolute Gasteiger partial charge is 0.366 e. The summed E-state index contributed by atoms with van der Waals surface area (Å²) in [4.78, 5) is 2.63. The van der Waals surface area contributed by atoms with Gasteiger partial charge >= 0.3 is 0 Å². The van der Waals surface area contributed by atoms with Gasteiger partial charge in [0.2, 0.25) is 10.0 Å². The third-order valence-corrected chi connectivity index (χ3v) is 7.44. The minimum absolute atomic E-state index is 0.106. The van der Waals surface area contributed by atoms with Gasteiger partial charge in [-0.1, -0.05) is 29.3 Å². The van der Waals surface area contributed by atoms with E-state index in [1.165, 1.54) is 5.56 Å². The molecule has 26 heavy (non-hydrogen) atoms. The SMILES string of the molecule is Cc1ccc(N2CCN(S(=O)(=O)c3cc(C)c(Cl)cc3C)CC2C)cc1. The highest BCUT2D eigenvalue weighted by Gasteiger charge is 2.33. The highest BCUT2D eigenvalue weighted by molar-refractivity contribution is 7.89. The maximum absolute atomic E-state index is 13.2. The summed E-state index contributed by atoms with van der Waals surface area (Å²) in [5, 5.41) is 0.596. The molecule has 0 amide bonds. The number of piperazine rings is 1. The first-order valence-electron chi connectivity index (χ1n) is 8.80. The summed E-state index contributed by atoms with van der Waals surface area (Å²) in [6, 6.07) is 11.9. The molecule has 1 aliphatic heterocycles. The second kappa shape index (κ2) is 7.22. The number of anilines is 1. The zero-order valence-corrected chi connectivity index (χ0v) is 17.2. The molecule has 1 heterocycles. The number of sulfonamides is 1. The van der Waals surface area contributed by atoms with Crippen LogP contribution in [0.5, 0.6) is 0 Å². The molecule has 4 nitrogen and oxygen atoms in total. The highest BCUT2D eigenvalue weighted by Crippen LogP contribution is 2.29. The average Bonchev–Trinajstić information content (AvgIpc) is 2.59. The fraction of sp³-hybridized carbons (Fsp3) is 0.400. The van der Waals surface area contributed by atoms with Gasteiger partial charge in [-0.3, -0.25) is 0 Å². The second-order valence-corrected chi connectivity index (χ2v) is 9.42. The standard InChI is InChI=1S/C20H25ClN2O2S/c1-14-5-7-18(8-6-14)23-10-9-22(13-17(23)4)26(24,25)20-12-15(2)19(21)11-16(20)3/h5-8,11-12,17H,9-10,13H2,1-4H3. The lowest BCUT2D eigenvalue weighted by molar-refractivity contribution is 0.342. The van der Waals surface area contributed by atoms with E-state index < -0.39 is 10.0 Å². The molecule has 3 rings (SSSR count). The maximum atomic E-state index is 13.2. The predicted molar refractivity (Wildman–Crippen MR) is 108 cm³/mol. The summed E-state index contributed by atoms with van der Waals surface area (Å²) in [7, 11) is -3.53. The van der Waals surface area contributed by atoms with Crippen molar-refractivity contribution in [3.8, 4) is 0 Å². The molecule has 0 bridgehead atoms. The van der Waals surface area contributed by atoms with Gasteiger partial charge in [-0.2, -0.15) is 4.31 Å². The first-order chi connectivity index (χ1) is 12.2.